The van der Waals surface area contributed by atoms with Gasteiger partial charge in [-0.25, -0.2) is 4.39 Å². The van der Waals surface area contributed by atoms with E-state index in [9.17, 15) is 4.39 Å². The molecular weight excluding hydrogens is 335 g/mol. The van der Waals surface area contributed by atoms with E-state index in [4.69, 9.17) is 14.2 Å². The molecule has 0 radical (unpaired) electrons. The highest BCUT2D eigenvalue weighted by molar-refractivity contribution is 5.54. The third kappa shape index (κ3) is 4.26. The van der Waals surface area contributed by atoms with Crippen molar-refractivity contribution >= 4 is 0 Å². The molecule has 1 atom stereocenters. The van der Waals surface area contributed by atoms with Crippen LogP contribution >= 0.6 is 0 Å². The molecule has 0 saturated heterocycles. The summed E-state index contributed by atoms with van der Waals surface area (Å²) in [6, 6.07) is 10.7. The third-order valence-electron chi connectivity index (χ3n) is 4.43. The zero-order valence-electron chi connectivity index (χ0n) is 15.4. The van der Waals surface area contributed by atoms with Crippen molar-refractivity contribution in [2.45, 2.75) is 12.6 Å². The van der Waals surface area contributed by atoms with Crippen LogP contribution in [0.5, 0.6) is 17.2 Å². The van der Waals surface area contributed by atoms with Gasteiger partial charge in [-0.1, -0.05) is 12.1 Å². The molecule has 2 aromatic carbocycles. The number of benzene rings is 2. The van der Waals surface area contributed by atoms with E-state index in [1.807, 2.05) is 38.4 Å². The molecule has 1 heterocycles. The van der Waals surface area contributed by atoms with E-state index in [0.717, 1.165) is 23.4 Å². The van der Waals surface area contributed by atoms with Crippen molar-refractivity contribution in [1.82, 2.24) is 10.2 Å². The Hall–Kier alpha value is -2.31. The van der Waals surface area contributed by atoms with Crippen LogP contribution < -0.4 is 19.5 Å². The van der Waals surface area contributed by atoms with Gasteiger partial charge >= 0.3 is 0 Å². The molecule has 140 valence electrons. The summed E-state index contributed by atoms with van der Waals surface area (Å²) < 4.78 is 29.9. The summed E-state index contributed by atoms with van der Waals surface area (Å²) in [5, 5.41) is 3.47. The molecule has 1 N–H and O–H groups in total. The van der Waals surface area contributed by atoms with Crippen molar-refractivity contribution in [3.05, 3.63) is 53.3 Å². The van der Waals surface area contributed by atoms with Crippen LogP contribution in [-0.2, 0) is 6.54 Å². The van der Waals surface area contributed by atoms with Crippen molar-refractivity contribution in [2.75, 3.05) is 41.0 Å². The summed E-state index contributed by atoms with van der Waals surface area (Å²) in [5.41, 5.74) is 2.13. The average Bonchev–Trinajstić information content (AvgIpc) is 2.65. The van der Waals surface area contributed by atoms with Crippen LogP contribution in [-0.4, -0.2) is 45.9 Å². The van der Waals surface area contributed by atoms with Gasteiger partial charge in [-0.15, -0.1) is 0 Å². The Balaban J connectivity index is 1.67. The molecule has 0 bridgehead atoms. The van der Waals surface area contributed by atoms with Crippen LogP contribution in [0.2, 0.25) is 0 Å². The molecule has 0 saturated carbocycles. The Morgan fingerprint density at radius 3 is 2.58 bits per heavy atom. The van der Waals surface area contributed by atoms with E-state index in [2.05, 4.69) is 10.2 Å². The minimum absolute atomic E-state index is 0.148. The molecule has 2 aromatic rings. The Morgan fingerprint density at radius 1 is 1.15 bits per heavy atom. The van der Waals surface area contributed by atoms with Gasteiger partial charge in [0.2, 0.25) is 5.75 Å². The van der Waals surface area contributed by atoms with Gasteiger partial charge in [-0.3, -0.25) is 0 Å². The summed E-state index contributed by atoms with van der Waals surface area (Å²) in [5.74, 6) is 1.85. The van der Waals surface area contributed by atoms with E-state index in [-0.39, 0.29) is 11.9 Å². The smallest absolute Gasteiger partial charge is 0.203 e. The maximum absolute atomic E-state index is 13.2. The van der Waals surface area contributed by atoms with E-state index in [1.165, 1.54) is 12.1 Å². The van der Waals surface area contributed by atoms with Crippen LogP contribution in [0.1, 0.15) is 17.2 Å². The molecule has 3 rings (SSSR count). The predicted molar refractivity (Wildman–Crippen MR) is 98.5 cm³/mol. The fourth-order valence-electron chi connectivity index (χ4n) is 3.07. The van der Waals surface area contributed by atoms with Crippen LogP contribution in [0.3, 0.4) is 0 Å². The topological polar surface area (TPSA) is 43.0 Å². The molecule has 1 aliphatic rings. The number of ether oxygens (including phenoxy) is 3. The van der Waals surface area contributed by atoms with Crippen molar-refractivity contribution in [2.24, 2.45) is 0 Å². The maximum atomic E-state index is 13.2. The van der Waals surface area contributed by atoms with Gasteiger partial charge < -0.3 is 24.4 Å². The van der Waals surface area contributed by atoms with Crippen LogP contribution in [0.25, 0.3) is 0 Å². The van der Waals surface area contributed by atoms with Gasteiger partial charge in [0.25, 0.3) is 0 Å². The largest absolute Gasteiger partial charge is 0.493 e. The first-order valence-corrected chi connectivity index (χ1v) is 8.67. The second-order valence-corrected chi connectivity index (χ2v) is 6.48. The summed E-state index contributed by atoms with van der Waals surface area (Å²) in [6.45, 7) is 2.47. The van der Waals surface area contributed by atoms with Crippen LogP contribution in [0.15, 0.2) is 36.4 Å². The number of hydrogen-bond acceptors (Lipinski definition) is 5. The fraction of sp³-hybridized carbons (Fsp3) is 0.400. The Bertz CT molecular complexity index is 717. The standard InChI is InChI=1S/C20H25FN2O3/c1-23(2)17(15-4-6-16(21)7-5-15)13-22-12-14-10-18(24-3)20-19(11-14)25-8-9-26-20/h4-7,10-11,17,22H,8-9,12-13H2,1-3H3. The summed E-state index contributed by atoms with van der Waals surface area (Å²) in [6.07, 6.45) is 0. The average molecular weight is 360 g/mol. The maximum Gasteiger partial charge on any atom is 0.203 e. The van der Waals surface area contributed by atoms with E-state index in [0.29, 0.717) is 31.3 Å². The second-order valence-electron chi connectivity index (χ2n) is 6.48. The highest BCUT2D eigenvalue weighted by Crippen LogP contribution is 2.40. The van der Waals surface area contributed by atoms with Gasteiger partial charge in [-0.2, -0.15) is 0 Å². The van der Waals surface area contributed by atoms with Gasteiger partial charge in [0.15, 0.2) is 11.5 Å². The number of nitrogens with zero attached hydrogens (tertiary/aromatic N) is 1. The lowest BCUT2D eigenvalue weighted by atomic mass is 10.1. The molecule has 0 aliphatic carbocycles. The monoisotopic (exact) mass is 360 g/mol. The number of halogens is 1. The minimum atomic E-state index is -0.220. The first-order chi connectivity index (χ1) is 12.6. The first-order valence-electron chi connectivity index (χ1n) is 8.67. The lowest BCUT2D eigenvalue weighted by Crippen LogP contribution is -2.30. The second kappa shape index (κ2) is 8.38. The summed E-state index contributed by atoms with van der Waals surface area (Å²) >= 11 is 0. The predicted octanol–water partition coefficient (Wildman–Crippen LogP) is 3.00. The van der Waals surface area contributed by atoms with Gasteiger partial charge in [0.1, 0.15) is 19.0 Å². The molecule has 26 heavy (non-hydrogen) atoms. The summed E-state index contributed by atoms with van der Waals surface area (Å²) in [7, 11) is 5.66. The number of nitrogens with one attached hydrogen (secondary N) is 1. The van der Waals surface area contributed by atoms with E-state index >= 15 is 0 Å². The zero-order valence-corrected chi connectivity index (χ0v) is 15.4. The number of likely N-dealkylation sites (N-methyl/N-ethyl adjacent to an activating group) is 1. The third-order valence-corrected chi connectivity index (χ3v) is 4.43. The Labute approximate surface area is 153 Å². The molecule has 0 fully saturated rings. The molecular formula is C20H25FN2O3. The number of methoxy groups -OCH3 is 1. The molecule has 5 nitrogen and oxygen atoms in total. The summed E-state index contributed by atoms with van der Waals surface area (Å²) in [4.78, 5) is 2.12. The van der Waals surface area contributed by atoms with E-state index in [1.54, 1.807) is 7.11 Å². The van der Waals surface area contributed by atoms with Gasteiger partial charge in [0.05, 0.1) is 7.11 Å². The molecule has 1 unspecified atom stereocenters. The molecule has 0 aromatic heterocycles. The van der Waals surface area contributed by atoms with E-state index < -0.39 is 0 Å². The lowest BCUT2D eigenvalue weighted by molar-refractivity contribution is 0.165. The van der Waals surface area contributed by atoms with Crippen LogP contribution in [0, 0.1) is 5.82 Å². The zero-order chi connectivity index (χ0) is 18.5. The number of fused-ring (bicyclic) bond motifs is 1. The normalized spacial score (nSPS) is 14.3. The lowest BCUT2D eigenvalue weighted by Gasteiger charge is -2.25. The quantitative estimate of drug-likeness (QED) is 0.822. The molecule has 0 spiro atoms. The first kappa shape index (κ1) is 18.5. The fourth-order valence-corrected chi connectivity index (χ4v) is 3.07. The van der Waals surface area contributed by atoms with Crippen molar-refractivity contribution < 1.29 is 18.6 Å². The van der Waals surface area contributed by atoms with Gasteiger partial charge in [0, 0.05) is 19.1 Å². The highest BCUT2D eigenvalue weighted by atomic mass is 19.1. The van der Waals surface area contributed by atoms with Crippen molar-refractivity contribution in [1.29, 1.82) is 0 Å². The number of hydrogen-bond donors (Lipinski definition) is 1. The molecule has 6 heteroatoms. The van der Waals surface area contributed by atoms with Gasteiger partial charge in [-0.05, 0) is 49.5 Å². The Kier molecular flexibility index (Phi) is 5.96. The highest BCUT2D eigenvalue weighted by Gasteiger charge is 2.19. The molecule has 0 amide bonds. The van der Waals surface area contributed by atoms with Crippen LogP contribution in [0.4, 0.5) is 4.39 Å². The minimum Gasteiger partial charge on any atom is -0.493 e. The SMILES string of the molecule is COc1cc(CNCC(c2ccc(F)cc2)N(C)C)cc2c1OCCO2. The Morgan fingerprint density at radius 2 is 1.88 bits per heavy atom. The van der Waals surface area contributed by atoms with Crippen molar-refractivity contribution in [3.8, 4) is 17.2 Å². The molecule has 1 aliphatic heterocycles. The number of rotatable bonds is 7. The van der Waals surface area contributed by atoms with Crippen molar-refractivity contribution in [3.63, 3.8) is 0 Å².